The minimum absolute atomic E-state index is 0.115. The fourth-order valence-electron chi connectivity index (χ4n) is 4.31. The molecule has 1 saturated heterocycles. The number of nitrogens with zero attached hydrogens (tertiary/aromatic N) is 4. The van der Waals surface area contributed by atoms with E-state index in [-0.39, 0.29) is 5.69 Å². The molecule has 1 fully saturated rings. The lowest BCUT2D eigenvalue weighted by molar-refractivity contribution is 0.0593. The molecule has 0 aliphatic carbocycles. The van der Waals surface area contributed by atoms with Crippen LogP contribution in [-0.4, -0.2) is 49.4 Å². The summed E-state index contributed by atoms with van der Waals surface area (Å²) in [7, 11) is 2.77. The van der Waals surface area contributed by atoms with Gasteiger partial charge in [0, 0.05) is 43.2 Å². The first kappa shape index (κ1) is 22.3. The number of hydrogen-bond acceptors (Lipinski definition) is 8. The summed E-state index contributed by atoms with van der Waals surface area (Å²) in [6, 6.07) is 12.8. The van der Waals surface area contributed by atoms with Crippen LogP contribution in [0.4, 0.5) is 10.1 Å². The second-order valence-electron chi connectivity index (χ2n) is 8.12. The number of carbonyl (C=O) groups is 1. The Bertz CT molecular complexity index is 1480. The van der Waals surface area contributed by atoms with E-state index in [1.807, 2.05) is 23.1 Å². The maximum absolute atomic E-state index is 13.7. The number of methoxy groups -OCH3 is 2. The summed E-state index contributed by atoms with van der Waals surface area (Å²) in [5.74, 6) is 0.286. The normalized spacial score (nSPS) is 15.3. The number of carbonyl (C=O) groups excluding carboxylic acids is 1. The minimum Gasteiger partial charge on any atom is -0.496 e. The zero-order valence-corrected chi connectivity index (χ0v) is 19.1. The molecule has 0 unspecified atom stereocenters. The predicted octanol–water partition coefficient (Wildman–Crippen LogP) is 4.77. The fourth-order valence-corrected chi connectivity index (χ4v) is 4.31. The van der Waals surface area contributed by atoms with Crippen LogP contribution in [0.3, 0.4) is 0 Å². The molecule has 1 aliphatic heterocycles. The predicted molar refractivity (Wildman–Crippen MR) is 127 cm³/mol. The molecule has 176 valence electrons. The van der Waals surface area contributed by atoms with Gasteiger partial charge in [0.1, 0.15) is 29.3 Å². The molecule has 0 bridgehead atoms. The second-order valence-corrected chi connectivity index (χ2v) is 8.12. The number of ether oxygens (including phenoxy) is 2. The molecule has 3 aromatic heterocycles. The van der Waals surface area contributed by atoms with Crippen molar-refractivity contribution in [2.24, 2.45) is 0 Å². The SMILES string of the molecule is COC(=O)c1cc(OC)c(-c2cc3nccc(-c4ccc(N5CC[C@@H](F)C5)c(C#N)c4)c3o2)cn1. The zero-order valence-electron chi connectivity index (χ0n) is 19.1. The third-order valence-electron chi connectivity index (χ3n) is 6.06. The number of esters is 1. The molecular formula is C26H21FN4O4. The minimum atomic E-state index is -0.879. The maximum atomic E-state index is 13.7. The van der Waals surface area contributed by atoms with E-state index in [0.717, 1.165) is 16.8 Å². The Morgan fingerprint density at radius 3 is 2.77 bits per heavy atom. The number of halogens is 1. The number of pyridine rings is 2. The lowest BCUT2D eigenvalue weighted by Gasteiger charge is -2.19. The van der Waals surface area contributed by atoms with Gasteiger partial charge in [-0.1, -0.05) is 6.07 Å². The highest BCUT2D eigenvalue weighted by molar-refractivity contribution is 5.94. The van der Waals surface area contributed by atoms with Crippen molar-refractivity contribution in [2.75, 3.05) is 32.2 Å². The quantitative estimate of drug-likeness (QED) is 0.383. The van der Waals surface area contributed by atoms with Gasteiger partial charge < -0.3 is 18.8 Å². The number of fused-ring (bicyclic) bond motifs is 1. The first-order chi connectivity index (χ1) is 17.0. The fraction of sp³-hybridized carbons (Fsp3) is 0.231. The number of hydrogen-bond donors (Lipinski definition) is 0. The largest absolute Gasteiger partial charge is 0.496 e. The average Bonchev–Trinajstić information content (AvgIpc) is 3.53. The summed E-state index contributed by atoms with van der Waals surface area (Å²) in [6.07, 6.45) is 2.74. The summed E-state index contributed by atoms with van der Waals surface area (Å²) in [5.41, 5.74) is 4.53. The average molecular weight is 472 g/mol. The number of nitriles is 1. The smallest absolute Gasteiger partial charge is 0.356 e. The molecule has 0 saturated carbocycles. The third-order valence-corrected chi connectivity index (χ3v) is 6.06. The van der Waals surface area contributed by atoms with Gasteiger partial charge in [-0.2, -0.15) is 5.26 Å². The van der Waals surface area contributed by atoms with Crippen LogP contribution in [0.15, 0.2) is 53.2 Å². The number of rotatable bonds is 5. The molecule has 4 heterocycles. The highest BCUT2D eigenvalue weighted by Gasteiger charge is 2.24. The van der Waals surface area contributed by atoms with E-state index in [0.29, 0.717) is 53.2 Å². The monoisotopic (exact) mass is 472 g/mol. The molecule has 35 heavy (non-hydrogen) atoms. The summed E-state index contributed by atoms with van der Waals surface area (Å²) in [5, 5.41) is 9.76. The summed E-state index contributed by atoms with van der Waals surface area (Å²) >= 11 is 0. The van der Waals surface area contributed by atoms with Crippen LogP contribution in [0.25, 0.3) is 33.6 Å². The molecule has 1 atom stereocenters. The van der Waals surface area contributed by atoms with Crippen molar-refractivity contribution in [3.8, 4) is 34.3 Å². The third kappa shape index (κ3) is 4.04. The van der Waals surface area contributed by atoms with E-state index in [2.05, 4.69) is 16.0 Å². The van der Waals surface area contributed by atoms with Crippen molar-refractivity contribution < 1.29 is 23.1 Å². The van der Waals surface area contributed by atoms with Crippen LogP contribution in [0.2, 0.25) is 0 Å². The first-order valence-corrected chi connectivity index (χ1v) is 11.0. The van der Waals surface area contributed by atoms with Crippen LogP contribution < -0.4 is 9.64 Å². The van der Waals surface area contributed by atoms with Crippen LogP contribution >= 0.6 is 0 Å². The Hall–Kier alpha value is -4.45. The molecule has 8 nitrogen and oxygen atoms in total. The van der Waals surface area contributed by atoms with Gasteiger partial charge in [0.05, 0.1) is 31.0 Å². The van der Waals surface area contributed by atoms with Crippen LogP contribution in [0.1, 0.15) is 22.5 Å². The van der Waals surface area contributed by atoms with E-state index >= 15 is 0 Å². The Morgan fingerprint density at radius 1 is 1.20 bits per heavy atom. The van der Waals surface area contributed by atoms with Crippen molar-refractivity contribution in [3.05, 3.63) is 60.0 Å². The molecule has 4 aromatic rings. The topological polar surface area (TPSA) is 101 Å². The van der Waals surface area contributed by atoms with E-state index in [4.69, 9.17) is 13.9 Å². The standard InChI is InChI=1S/C26H21FN4O4/c1-33-23-11-21(26(32)34-2)30-13-19(23)24-10-20-25(35-24)18(5-7-29-20)15-3-4-22(16(9-15)12-28)31-8-6-17(27)14-31/h3-5,7,9-11,13,17H,6,8,14H2,1-2H3/t17-/m1/s1. The molecule has 5 rings (SSSR count). The van der Waals surface area contributed by atoms with E-state index in [1.54, 1.807) is 18.3 Å². The van der Waals surface area contributed by atoms with Crippen LogP contribution in [0.5, 0.6) is 5.75 Å². The summed E-state index contributed by atoms with van der Waals surface area (Å²) in [6.45, 7) is 0.876. The number of benzene rings is 1. The van der Waals surface area contributed by atoms with Crippen molar-refractivity contribution in [1.82, 2.24) is 9.97 Å². The van der Waals surface area contributed by atoms with E-state index in [9.17, 15) is 14.4 Å². The van der Waals surface area contributed by atoms with Crippen LogP contribution in [0, 0.1) is 11.3 Å². The van der Waals surface area contributed by atoms with Crippen LogP contribution in [-0.2, 0) is 4.74 Å². The Balaban J connectivity index is 1.56. The lowest BCUT2D eigenvalue weighted by Crippen LogP contribution is -2.20. The highest BCUT2D eigenvalue weighted by Crippen LogP contribution is 2.38. The van der Waals surface area contributed by atoms with Gasteiger partial charge in [-0.25, -0.2) is 14.2 Å². The molecule has 0 spiro atoms. The molecule has 0 radical (unpaired) electrons. The molecule has 0 amide bonds. The lowest BCUT2D eigenvalue weighted by atomic mass is 10.0. The summed E-state index contributed by atoms with van der Waals surface area (Å²) < 4.78 is 30.1. The van der Waals surface area contributed by atoms with Gasteiger partial charge in [-0.05, 0) is 30.2 Å². The Labute approximate surface area is 200 Å². The van der Waals surface area contributed by atoms with E-state index < -0.39 is 12.1 Å². The Morgan fingerprint density at radius 2 is 2.06 bits per heavy atom. The molecular weight excluding hydrogens is 451 g/mol. The van der Waals surface area contributed by atoms with Crippen molar-refractivity contribution in [2.45, 2.75) is 12.6 Å². The van der Waals surface area contributed by atoms with Gasteiger partial charge in [-0.15, -0.1) is 0 Å². The number of alkyl halides is 1. The van der Waals surface area contributed by atoms with Gasteiger partial charge in [0.2, 0.25) is 0 Å². The summed E-state index contributed by atoms with van der Waals surface area (Å²) in [4.78, 5) is 22.3. The van der Waals surface area contributed by atoms with Gasteiger partial charge in [-0.3, -0.25) is 4.98 Å². The number of anilines is 1. The van der Waals surface area contributed by atoms with Gasteiger partial charge in [0.15, 0.2) is 11.3 Å². The number of furan rings is 1. The number of aromatic nitrogens is 2. The first-order valence-electron chi connectivity index (χ1n) is 11.0. The van der Waals surface area contributed by atoms with Crippen molar-refractivity contribution in [1.29, 1.82) is 5.26 Å². The second kappa shape index (κ2) is 9.06. The Kier molecular flexibility index (Phi) is 5.79. The van der Waals surface area contributed by atoms with Crippen molar-refractivity contribution in [3.63, 3.8) is 0 Å². The van der Waals surface area contributed by atoms with Gasteiger partial charge >= 0.3 is 5.97 Å². The van der Waals surface area contributed by atoms with Crippen molar-refractivity contribution >= 4 is 22.8 Å². The highest BCUT2D eigenvalue weighted by atomic mass is 19.1. The molecule has 1 aromatic carbocycles. The zero-order chi connectivity index (χ0) is 24.5. The molecule has 1 aliphatic rings. The maximum Gasteiger partial charge on any atom is 0.356 e. The molecule has 9 heteroatoms. The van der Waals surface area contributed by atoms with Gasteiger partial charge in [0.25, 0.3) is 0 Å². The molecule has 0 N–H and O–H groups in total. The van der Waals surface area contributed by atoms with E-state index in [1.165, 1.54) is 26.5 Å².